The molecule has 6 heteroatoms. The minimum Gasteiger partial charge on any atom is -0.493 e. The zero-order valence-corrected chi connectivity index (χ0v) is 16.3. The average Bonchev–Trinajstić information content (AvgIpc) is 2.61. The van der Waals surface area contributed by atoms with Crippen molar-refractivity contribution in [3.8, 4) is 11.5 Å². The summed E-state index contributed by atoms with van der Waals surface area (Å²) < 4.78 is 11.0. The fourth-order valence-electron chi connectivity index (χ4n) is 2.29. The molecule has 0 aromatic heterocycles. The van der Waals surface area contributed by atoms with Crippen molar-refractivity contribution in [2.75, 3.05) is 26.0 Å². The van der Waals surface area contributed by atoms with E-state index in [1.165, 1.54) is 0 Å². The van der Waals surface area contributed by atoms with Gasteiger partial charge in [-0.05, 0) is 48.2 Å². The summed E-state index contributed by atoms with van der Waals surface area (Å²) in [5, 5.41) is 2.92. The van der Waals surface area contributed by atoms with Gasteiger partial charge in [0.15, 0.2) is 11.5 Å². The van der Waals surface area contributed by atoms with Gasteiger partial charge in [0.2, 0.25) is 0 Å². The highest BCUT2D eigenvalue weighted by Crippen LogP contribution is 2.28. The molecule has 0 radical (unpaired) electrons. The predicted octanol–water partition coefficient (Wildman–Crippen LogP) is 3.71. The molecule has 1 amide bonds. The van der Waals surface area contributed by atoms with E-state index in [1.807, 2.05) is 24.3 Å². The Morgan fingerprint density at radius 1 is 1.12 bits per heavy atom. The molecule has 0 spiro atoms. The number of hydrogen-bond donors (Lipinski definition) is 2. The Bertz CT molecular complexity index is 703. The zero-order valence-electron chi connectivity index (χ0n) is 15.5. The minimum atomic E-state index is -0.135. The fourth-order valence-corrected chi connectivity index (χ4v) is 2.29. The summed E-state index contributed by atoms with van der Waals surface area (Å²) in [4.78, 5) is 12.3. The van der Waals surface area contributed by atoms with Crippen LogP contribution in [0.4, 0.5) is 5.69 Å². The van der Waals surface area contributed by atoms with Gasteiger partial charge in [0.25, 0.3) is 5.91 Å². The van der Waals surface area contributed by atoms with Gasteiger partial charge in [-0.25, -0.2) is 0 Å². The predicted molar refractivity (Wildman–Crippen MR) is 107 cm³/mol. The lowest BCUT2D eigenvalue weighted by atomic mass is 10.1. The normalized spacial score (nSPS) is 10.2. The van der Waals surface area contributed by atoms with Gasteiger partial charge in [0, 0.05) is 17.8 Å². The van der Waals surface area contributed by atoms with Gasteiger partial charge in [-0.15, -0.1) is 12.4 Å². The summed E-state index contributed by atoms with van der Waals surface area (Å²) in [6.45, 7) is 5.31. The van der Waals surface area contributed by atoms with E-state index in [-0.39, 0.29) is 18.3 Å². The van der Waals surface area contributed by atoms with Crippen molar-refractivity contribution < 1.29 is 14.3 Å². The van der Waals surface area contributed by atoms with Crippen molar-refractivity contribution in [1.82, 2.24) is 5.32 Å². The second kappa shape index (κ2) is 10.6. The lowest BCUT2D eigenvalue weighted by Crippen LogP contribution is -2.25. The van der Waals surface area contributed by atoms with Crippen LogP contribution in [0.25, 0.3) is 0 Å². The molecule has 0 heterocycles. The van der Waals surface area contributed by atoms with Crippen molar-refractivity contribution in [3.05, 3.63) is 53.6 Å². The van der Waals surface area contributed by atoms with E-state index in [0.29, 0.717) is 36.1 Å². The molecule has 5 nitrogen and oxygen atoms in total. The number of methoxy groups -OCH3 is 1. The molecule has 0 fully saturated rings. The van der Waals surface area contributed by atoms with E-state index >= 15 is 0 Å². The van der Waals surface area contributed by atoms with E-state index in [2.05, 4.69) is 19.2 Å². The summed E-state index contributed by atoms with van der Waals surface area (Å²) >= 11 is 0. The third kappa shape index (κ3) is 6.48. The van der Waals surface area contributed by atoms with Crippen LogP contribution < -0.4 is 20.5 Å². The number of ether oxygens (including phenoxy) is 2. The lowest BCUT2D eigenvalue weighted by Gasteiger charge is -2.13. The zero-order chi connectivity index (χ0) is 18.2. The van der Waals surface area contributed by atoms with Gasteiger partial charge in [0.1, 0.15) is 0 Å². The number of amides is 1. The van der Waals surface area contributed by atoms with E-state index in [4.69, 9.17) is 15.2 Å². The number of anilines is 1. The number of carbonyl (C=O) groups excluding carboxylic acids is 1. The van der Waals surface area contributed by atoms with E-state index in [9.17, 15) is 4.79 Å². The molecule has 0 unspecified atom stereocenters. The first kappa shape index (κ1) is 21.6. The molecule has 0 aliphatic carbocycles. The first-order valence-electron chi connectivity index (χ1n) is 8.43. The van der Waals surface area contributed by atoms with Crippen LogP contribution in [0, 0.1) is 5.92 Å². The van der Waals surface area contributed by atoms with Crippen LogP contribution in [0.1, 0.15) is 29.8 Å². The smallest absolute Gasteiger partial charge is 0.251 e. The minimum absolute atomic E-state index is 0. The summed E-state index contributed by atoms with van der Waals surface area (Å²) in [6.07, 6.45) is 0.749. The quantitative estimate of drug-likeness (QED) is 0.687. The molecular formula is C20H27ClN2O3. The van der Waals surface area contributed by atoms with Crippen LogP contribution in [-0.4, -0.2) is 26.2 Å². The van der Waals surface area contributed by atoms with Gasteiger partial charge in [-0.3, -0.25) is 4.79 Å². The molecule has 0 aliphatic heterocycles. The number of hydrogen-bond acceptors (Lipinski definition) is 4. The number of benzene rings is 2. The van der Waals surface area contributed by atoms with E-state index < -0.39 is 0 Å². The Morgan fingerprint density at radius 2 is 1.81 bits per heavy atom. The molecule has 0 saturated heterocycles. The molecule has 0 saturated carbocycles. The Labute approximate surface area is 161 Å². The second-order valence-electron chi connectivity index (χ2n) is 6.32. The molecule has 3 N–H and O–H groups in total. The number of nitrogens with two attached hydrogens (primary N) is 1. The Balaban J connectivity index is 0.00000338. The van der Waals surface area contributed by atoms with Crippen LogP contribution in [-0.2, 0) is 6.42 Å². The van der Waals surface area contributed by atoms with Gasteiger partial charge in [-0.2, -0.15) is 0 Å². The average molecular weight is 379 g/mol. The molecule has 0 aliphatic rings. The Kier molecular flexibility index (Phi) is 8.79. The van der Waals surface area contributed by atoms with Crippen LogP contribution in [0.2, 0.25) is 0 Å². The summed E-state index contributed by atoms with van der Waals surface area (Å²) in [5.74, 6) is 1.49. The largest absolute Gasteiger partial charge is 0.493 e. The summed E-state index contributed by atoms with van der Waals surface area (Å²) in [5.41, 5.74) is 8.08. The van der Waals surface area contributed by atoms with Gasteiger partial charge >= 0.3 is 0 Å². The van der Waals surface area contributed by atoms with E-state index in [1.54, 1.807) is 25.3 Å². The van der Waals surface area contributed by atoms with Crippen molar-refractivity contribution >= 4 is 24.0 Å². The lowest BCUT2D eigenvalue weighted by molar-refractivity contribution is 0.0953. The highest BCUT2D eigenvalue weighted by molar-refractivity contribution is 5.94. The van der Waals surface area contributed by atoms with Crippen LogP contribution in [0.3, 0.4) is 0 Å². The first-order valence-corrected chi connectivity index (χ1v) is 8.43. The van der Waals surface area contributed by atoms with Crippen LogP contribution >= 0.6 is 12.4 Å². The maximum Gasteiger partial charge on any atom is 0.251 e. The number of rotatable bonds is 8. The molecule has 2 rings (SSSR count). The molecular weight excluding hydrogens is 352 g/mol. The summed E-state index contributed by atoms with van der Waals surface area (Å²) in [7, 11) is 1.57. The number of nitrogen functional groups attached to an aromatic ring is 1. The maximum atomic E-state index is 12.3. The monoisotopic (exact) mass is 378 g/mol. The van der Waals surface area contributed by atoms with E-state index in [0.717, 1.165) is 17.7 Å². The SMILES string of the molecule is COc1cc(C(=O)NCCc2ccc(N)cc2)ccc1OCC(C)C.Cl. The summed E-state index contributed by atoms with van der Waals surface area (Å²) in [6, 6.07) is 12.9. The highest BCUT2D eigenvalue weighted by atomic mass is 35.5. The van der Waals surface area contributed by atoms with Crippen LogP contribution in [0.15, 0.2) is 42.5 Å². The van der Waals surface area contributed by atoms with Crippen molar-refractivity contribution in [2.24, 2.45) is 5.92 Å². The highest BCUT2D eigenvalue weighted by Gasteiger charge is 2.11. The molecule has 0 atom stereocenters. The van der Waals surface area contributed by atoms with Gasteiger partial charge in [-0.1, -0.05) is 26.0 Å². The van der Waals surface area contributed by atoms with Crippen molar-refractivity contribution in [1.29, 1.82) is 0 Å². The maximum absolute atomic E-state index is 12.3. The first-order chi connectivity index (χ1) is 12.0. The molecule has 26 heavy (non-hydrogen) atoms. The standard InChI is InChI=1S/C20H26N2O3.ClH/c1-14(2)13-25-18-9-6-16(12-19(18)24-3)20(23)22-11-10-15-4-7-17(21)8-5-15;/h4-9,12,14H,10-11,13,21H2,1-3H3,(H,22,23);1H. The molecule has 2 aromatic carbocycles. The third-order valence-electron chi connectivity index (χ3n) is 3.68. The number of nitrogens with one attached hydrogen (secondary N) is 1. The molecule has 2 aromatic rings. The Morgan fingerprint density at radius 3 is 2.42 bits per heavy atom. The topological polar surface area (TPSA) is 73.6 Å². The van der Waals surface area contributed by atoms with Crippen molar-refractivity contribution in [2.45, 2.75) is 20.3 Å². The Hall–Kier alpha value is -2.40. The fraction of sp³-hybridized carbons (Fsp3) is 0.350. The molecule has 142 valence electrons. The number of halogens is 1. The third-order valence-corrected chi connectivity index (χ3v) is 3.68. The van der Waals surface area contributed by atoms with Crippen LogP contribution in [0.5, 0.6) is 11.5 Å². The molecule has 0 bridgehead atoms. The number of carbonyl (C=O) groups is 1. The van der Waals surface area contributed by atoms with Gasteiger partial charge < -0.3 is 20.5 Å². The van der Waals surface area contributed by atoms with Gasteiger partial charge in [0.05, 0.1) is 13.7 Å². The second-order valence-corrected chi connectivity index (χ2v) is 6.32. The van der Waals surface area contributed by atoms with Crippen molar-refractivity contribution in [3.63, 3.8) is 0 Å².